The summed E-state index contributed by atoms with van der Waals surface area (Å²) >= 11 is 0. The van der Waals surface area contributed by atoms with Crippen LogP contribution in [-0.2, 0) is 4.74 Å². The van der Waals surface area contributed by atoms with Gasteiger partial charge in [0.15, 0.2) is 0 Å². The van der Waals surface area contributed by atoms with Crippen LogP contribution in [0, 0.1) is 0 Å². The van der Waals surface area contributed by atoms with Crippen molar-refractivity contribution in [3.05, 3.63) is 24.1 Å². The maximum absolute atomic E-state index is 14.1. The lowest BCUT2D eigenvalue weighted by atomic mass is 9.95. The maximum atomic E-state index is 14.1. The second-order valence-corrected chi connectivity index (χ2v) is 4.50. The van der Waals surface area contributed by atoms with Crippen molar-refractivity contribution in [1.82, 2.24) is 5.32 Å². The minimum atomic E-state index is -1.23. The van der Waals surface area contributed by atoms with Crippen molar-refractivity contribution in [3.63, 3.8) is 0 Å². The standard InChI is InChI=1S/C13H21F2NO/c1-3-12(8-11(2)14)9-17-10-13(15)4-6-16-7-5-13/h8,16H,2-7,9-10H2,1H3/b12-8+. The molecule has 1 aliphatic rings. The van der Waals surface area contributed by atoms with Crippen molar-refractivity contribution in [1.29, 1.82) is 0 Å². The molecular formula is C13H21F2NO. The normalized spacial score (nSPS) is 20.3. The van der Waals surface area contributed by atoms with Gasteiger partial charge in [-0.25, -0.2) is 8.78 Å². The van der Waals surface area contributed by atoms with Crippen LogP contribution < -0.4 is 5.32 Å². The Morgan fingerprint density at radius 2 is 2.12 bits per heavy atom. The first kappa shape index (κ1) is 14.3. The Balaban J connectivity index is 2.32. The fourth-order valence-electron chi connectivity index (χ4n) is 1.85. The van der Waals surface area contributed by atoms with Gasteiger partial charge >= 0.3 is 0 Å². The summed E-state index contributed by atoms with van der Waals surface area (Å²) in [6, 6.07) is 0. The molecule has 0 unspecified atom stereocenters. The van der Waals surface area contributed by atoms with Gasteiger partial charge in [-0.1, -0.05) is 13.5 Å². The van der Waals surface area contributed by atoms with E-state index in [2.05, 4.69) is 11.9 Å². The highest BCUT2D eigenvalue weighted by Gasteiger charge is 2.31. The molecule has 1 rings (SSSR count). The molecule has 0 spiro atoms. The molecule has 1 heterocycles. The van der Waals surface area contributed by atoms with Gasteiger partial charge in [0, 0.05) is 0 Å². The smallest absolute Gasteiger partial charge is 0.136 e. The van der Waals surface area contributed by atoms with Gasteiger partial charge in [-0.15, -0.1) is 0 Å². The van der Waals surface area contributed by atoms with Gasteiger partial charge in [-0.3, -0.25) is 0 Å². The van der Waals surface area contributed by atoms with Crippen LogP contribution in [0.3, 0.4) is 0 Å². The zero-order chi connectivity index (χ0) is 12.7. The van der Waals surface area contributed by atoms with Crippen molar-refractivity contribution in [2.24, 2.45) is 0 Å². The Morgan fingerprint density at radius 1 is 1.47 bits per heavy atom. The lowest BCUT2D eigenvalue weighted by Gasteiger charge is -2.29. The molecule has 4 heteroatoms. The summed E-state index contributed by atoms with van der Waals surface area (Å²) in [6.07, 6.45) is 3.00. The summed E-state index contributed by atoms with van der Waals surface area (Å²) in [7, 11) is 0. The first-order chi connectivity index (χ1) is 8.06. The molecule has 1 aliphatic heterocycles. The molecule has 2 nitrogen and oxygen atoms in total. The molecule has 1 saturated heterocycles. The topological polar surface area (TPSA) is 21.3 Å². The molecule has 17 heavy (non-hydrogen) atoms. The van der Waals surface area contributed by atoms with Crippen LogP contribution in [0.2, 0.25) is 0 Å². The molecule has 0 amide bonds. The van der Waals surface area contributed by atoms with Crippen LogP contribution in [-0.4, -0.2) is 32.0 Å². The third-order valence-electron chi connectivity index (χ3n) is 2.96. The highest BCUT2D eigenvalue weighted by molar-refractivity contribution is 5.15. The predicted octanol–water partition coefficient (Wildman–Crippen LogP) is 2.91. The average Bonchev–Trinajstić information content (AvgIpc) is 2.28. The van der Waals surface area contributed by atoms with Crippen molar-refractivity contribution in [2.75, 3.05) is 26.3 Å². The molecule has 98 valence electrons. The number of alkyl halides is 1. The molecule has 0 aliphatic carbocycles. The van der Waals surface area contributed by atoms with E-state index in [1.54, 1.807) is 0 Å². The number of hydrogen-bond donors (Lipinski definition) is 1. The fourth-order valence-corrected chi connectivity index (χ4v) is 1.85. The van der Waals surface area contributed by atoms with E-state index in [-0.39, 0.29) is 13.2 Å². The van der Waals surface area contributed by atoms with E-state index >= 15 is 0 Å². The number of nitrogens with one attached hydrogen (secondary N) is 1. The maximum Gasteiger partial charge on any atom is 0.136 e. The Labute approximate surface area is 102 Å². The Morgan fingerprint density at radius 3 is 2.65 bits per heavy atom. The van der Waals surface area contributed by atoms with Gasteiger partial charge in [0.05, 0.1) is 13.2 Å². The Hall–Kier alpha value is -0.740. The van der Waals surface area contributed by atoms with Crippen molar-refractivity contribution in [3.8, 4) is 0 Å². The number of allylic oxidation sites excluding steroid dienone is 2. The molecule has 0 aromatic heterocycles. The third kappa shape index (κ3) is 5.41. The summed E-state index contributed by atoms with van der Waals surface area (Å²) in [5.74, 6) is -0.484. The predicted molar refractivity (Wildman–Crippen MR) is 65.4 cm³/mol. The van der Waals surface area contributed by atoms with Gasteiger partial charge in [0.2, 0.25) is 0 Å². The van der Waals surface area contributed by atoms with Crippen molar-refractivity contribution in [2.45, 2.75) is 31.9 Å². The SMILES string of the molecule is C=C(F)/C=C(\CC)COCC1(F)CCNCC1. The highest BCUT2D eigenvalue weighted by atomic mass is 19.1. The number of piperidine rings is 1. The first-order valence-electron chi connectivity index (χ1n) is 6.07. The molecule has 0 aromatic carbocycles. The molecule has 1 N–H and O–H groups in total. The van der Waals surface area contributed by atoms with Gasteiger partial charge < -0.3 is 10.1 Å². The molecule has 0 aromatic rings. The molecule has 0 saturated carbocycles. The van der Waals surface area contributed by atoms with E-state index in [9.17, 15) is 8.78 Å². The van der Waals surface area contributed by atoms with Gasteiger partial charge in [-0.2, -0.15) is 0 Å². The van der Waals surface area contributed by atoms with E-state index < -0.39 is 11.5 Å². The van der Waals surface area contributed by atoms with E-state index in [1.165, 1.54) is 6.08 Å². The average molecular weight is 245 g/mol. The van der Waals surface area contributed by atoms with Gasteiger partial charge in [0.1, 0.15) is 11.5 Å². The summed E-state index contributed by atoms with van der Waals surface area (Å²) < 4.78 is 32.1. The Kier molecular flexibility index (Phi) is 5.78. The zero-order valence-electron chi connectivity index (χ0n) is 10.4. The number of halogens is 2. The molecular weight excluding hydrogens is 224 g/mol. The van der Waals surface area contributed by atoms with Crippen molar-refractivity contribution >= 4 is 0 Å². The van der Waals surface area contributed by atoms with E-state index in [0.717, 1.165) is 5.57 Å². The van der Waals surface area contributed by atoms with E-state index in [4.69, 9.17) is 4.74 Å². The lowest BCUT2D eigenvalue weighted by molar-refractivity contribution is 0.00354. The van der Waals surface area contributed by atoms with Crippen LogP contribution >= 0.6 is 0 Å². The van der Waals surface area contributed by atoms with Crippen LogP contribution in [0.1, 0.15) is 26.2 Å². The number of hydrogen-bond acceptors (Lipinski definition) is 2. The monoisotopic (exact) mass is 245 g/mol. The Bertz CT molecular complexity index is 283. The lowest BCUT2D eigenvalue weighted by Crippen LogP contribution is -2.42. The van der Waals surface area contributed by atoms with E-state index in [1.807, 2.05) is 6.92 Å². The summed E-state index contributed by atoms with van der Waals surface area (Å²) in [4.78, 5) is 0. The van der Waals surface area contributed by atoms with Gasteiger partial charge in [0.25, 0.3) is 0 Å². The third-order valence-corrected chi connectivity index (χ3v) is 2.96. The summed E-state index contributed by atoms with van der Waals surface area (Å²) in [6.45, 7) is 6.83. The molecule has 0 atom stereocenters. The van der Waals surface area contributed by atoms with Crippen molar-refractivity contribution < 1.29 is 13.5 Å². The zero-order valence-corrected chi connectivity index (χ0v) is 10.4. The first-order valence-corrected chi connectivity index (χ1v) is 6.07. The minimum absolute atomic E-state index is 0.0881. The van der Waals surface area contributed by atoms with Crippen LogP contribution in [0.25, 0.3) is 0 Å². The second-order valence-electron chi connectivity index (χ2n) is 4.50. The minimum Gasteiger partial charge on any atom is -0.374 e. The van der Waals surface area contributed by atoms with Gasteiger partial charge in [-0.05, 0) is 44.0 Å². The number of rotatable bonds is 6. The van der Waals surface area contributed by atoms with Crippen LogP contribution in [0.4, 0.5) is 8.78 Å². The molecule has 0 bridgehead atoms. The summed E-state index contributed by atoms with van der Waals surface area (Å²) in [5, 5.41) is 3.11. The molecule has 1 fully saturated rings. The molecule has 0 radical (unpaired) electrons. The largest absolute Gasteiger partial charge is 0.374 e. The van der Waals surface area contributed by atoms with E-state index in [0.29, 0.717) is 32.4 Å². The highest BCUT2D eigenvalue weighted by Crippen LogP contribution is 2.23. The summed E-state index contributed by atoms with van der Waals surface area (Å²) in [5.41, 5.74) is -0.424. The number of ether oxygens (including phenoxy) is 1. The fraction of sp³-hybridized carbons (Fsp3) is 0.692. The van der Waals surface area contributed by atoms with Crippen LogP contribution in [0.15, 0.2) is 24.1 Å². The quantitative estimate of drug-likeness (QED) is 0.726. The van der Waals surface area contributed by atoms with Crippen LogP contribution in [0.5, 0.6) is 0 Å². The second kappa shape index (κ2) is 6.87.